The van der Waals surface area contributed by atoms with Crippen molar-refractivity contribution in [1.29, 1.82) is 0 Å². The number of hydrogen-bond donors (Lipinski definition) is 2. The van der Waals surface area contributed by atoms with Crippen LogP contribution in [-0.2, 0) is 53.1 Å². The monoisotopic (exact) mass is 640 g/mol. The highest BCUT2D eigenvalue weighted by molar-refractivity contribution is 5.75. The highest BCUT2D eigenvalue weighted by Gasteiger charge is 2.57. The molecule has 11 heteroatoms. The van der Waals surface area contributed by atoms with Crippen molar-refractivity contribution >= 4 is 11.9 Å². The molecular weight excluding hydrogens is 598 g/mol. The van der Waals surface area contributed by atoms with E-state index < -0.39 is 60.7 Å². The van der Waals surface area contributed by atoms with Crippen LogP contribution in [0.2, 0.25) is 0 Å². The third-order valence-corrected chi connectivity index (χ3v) is 7.52. The number of nitrogens with one attached hydrogen (secondary N) is 1. The van der Waals surface area contributed by atoms with E-state index in [1.165, 1.54) is 6.92 Å². The van der Waals surface area contributed by atoms with E-state index in [1.807, 2.05) is 91.0 Å². The standard InChI is InChI=1S/C35H42F2N2O7/c1-3-43-34(41)28(38)19-35(36,37)33-30(39-24(2)40)32(45-22-27-17-11-6-12-18-27)31(44-21-26-15-9-5-10-16-26)29(46-33)23-42-20-25-13-7-4-8-14-25/h4-18,28-33H,3,19-23,38H2,1-2H3,(H,39,40)/t28?,29-,30-,31+,32-,33+/m1/s1. The van der Waals surface area contributed by atoms with Gasteiger partial charge in [-0.25, -0.2) is 8.78 Å². The maximum atomic E-state index is 16.2. The van der Waals surface area contributed by atoms with Gasteiger partial charge in [-0.3, -0.25) is 9.59 Å². The summed E-state index contributed by atoms with van der Waals surface area (Å²) in [6.07, 6.45) is -6.12. The molecule has 0 aromatic heterocycles. The van der Waals surface area contributed by atoms with Gasteiger partial charge in [-0.15, -0.1) is 0 Å². The molecule has 0 saturated carbocycles. The van der Waals surface area contributed by atoms with Crippen molar-refractivity contribution < 1.29 is 42.1 Å². The number of rotatable bonds is 16. The van der Waals surface area contributed by atoms with E-state index in [4.69, 9.17) is 29.4 Å². The van der Waals surface area contributed by atoms with E-state index in [9.17, 15) is 9.59 Å². The predicted molar refractivity (Wildman–Crippen MR) is 167 cm³/mol. The van der Waals surface area contributed by atoms with Gasteiger partial charge < -0.3 is 34.7 Å². The molecular formula is C35H42F2N2O7. The highest BCUT2D eigenvalue weighted by Crippen LogP contribution is 2.38. The number of amides is 1. The number of carbonyl (C=O) groups excluding carboxylic acids is 2. The van der Waals surface area contributed by atoms with E-state index in [1.54, 1.807) is 6.92 Å². The Hall–Kier alpha value is -3.74. The fraction of sp³-hybridized carbons (Fsp3) is 0.429. The normalized spacial score (nSPS) is 22.2. The number of halogens is 2. The smallest absolute Gasteiger partial charge is 0.323 e. The van der Waals surface area contributed by atoms with E-state index in [0.29, 0.717) is 0 Å². The van der Waals surface area contributed by atoms with E-state index in [2.05, 4.69) is 5.32 Å². The number of carbonyl (C=O) groups is 2. The van der Waals surface area contributed by atoms with Crippen LogP contribution in [0.1, 0.15) is 37.0 Å². The third-order valence-electron chi connectivity index (χ3n) is 7.52. The zero-order valence-electron chi connectivity index (χ0n) is 26.1. The average Bonchev–Trinajstić information content (AvgIpc) is 3.04. The van der Waals surface area contributed by atoms with E-state index in [0.717, 1.165) is 16.7 Å². The van der Waals surface area contributed by atoms with Crippen molar-refractivity contribution in [1.82, 2.24) is 5.32 Å². The molecule has 3 aromatic carbocycles. The summed E-state index contributed by atoms with van der Waals surface area (Å²) in [5, 5.41) is 2.64. The first-order valence-electron chi connectivity index (χ1n) is 15.3. The zero-order chi connectivity index (χ0) is 32.9. The van der Waals surface area contributed by atoms with Crippen LogP contribution in [0.5, 0.6) is 0 Å². The van der Waals surface area contributed by atoms with Crippen LogP contribution in [-0.4, -0.2) is 67.5 Å². The second kappa shape index (κ2) is 17.3. The van der Waals surface area contributed by atoms with Crippen LogP contribution in [0, 0.1) is 0 Å². The maximum Gasteiger partial charge on any atom is 0.323 e. The largest absolute Gasteiger partial charge is 0.465 e. The highest BCUT2D eigenvalue weighted by atomic mass is 19.3. The van der Waals surface area contributed by atoms with Gasteiger partial charge in [-0.2, -0.15) is 0 Å². The fourth-order valence-corrected chi connectivity index (χ4v) is 5.37. The maximum absolute atomic E-state index is 16.2. The number of esters is 1. The van der Waals surface area contributed by atoms with Crippen molar-refractivity contribution in [3.8, 4) is 0 Å². The topological polar surface area (TPSA) is 118 Å². The van der Waals surface area contributed by atoms with Crippen LogP contribution in [0.15, 0.2) is 91.0 Å². The van der Waals surface area contributed by atoms with Crippen LogP contribution in [0.25, 0.3) is 0 Å². The molecule has 9 nitrogen and oxygen atoms in total. The van der Waals surface area contributed by atoms with Crippen LogP contribution in [0.3, 0.4) is 0 Å². The lowest BCUT2D eigenvalue weighted by molar-refractivity contribution is -0.275. The molecule has 0 radical (unpaired) electrons. The Morgan fingerprint density at radius 1 is 0.848 bits per heavy atom. The average molecular weight is 641 g/mol. The molecule has 1 fully saturated rings. The van der Waals surface area contributed by atoms with Gasteiger partial charge in [-0.05, 0) is 23.6 Å². The first-order chi connectivity index (χ1) is 22.2. The van der Waals surface area contributed by atoms with Crippen molar-refractivity contribution in [2.24, 2.45) is 5.73 Å². The molecule has 1 unspecified atom stereocenters. The summed E-state index contributed by atoms with van der Waals surface area (Å²) in [4.78, 5) is 24.7. The van der Waals surface area contributed by atoms with Crippen LogP contribution < -0.4 is 11.1 Å². The fourth-order valence-electron chi connectivity index (χ4n) is 5.37. The van der Waals surface area contributed by atoms with Gasteiger partial charge >= 0.3 is 5.97 Å². The van der Waals surface area contributed by atoms with Crippen LogP contribution >= 0.6 is 0 Å². The summed E-state index contributed by atoms with van der Waals surface area (Å²) in [5.74, 6) is -5.23. The summed E-state index contributed by atoms with van der Waals surface area (Å²) in [5.41, 5.74) is 8.38. The van der Waals surface area contributed by atoms with Gasteiger partial charge in [0.05, 0.1) is 39.1 Å². The third kappa shape index (κ3) is 10.1. The Kier molecular flexibility index (Phi) is 13.2. The van der Waals surface area contributed by atoms with Crippen molar-refractivity contribution in [3.05, 3.63) is 108 Å². The Morgan fingerprint density at radius 2 is 1.35 bits per heavy atom. The lowest BCUT2D eigenvalue weighted by Gasteiger charge is -2.48. The number of nitrogens with two attached hydrogens (primary N) is 1. The second-order valence-corrected chi connectivity index (χ2v) is 11.2. The summed E-state index contributed by atoms with van der Waals surface area (Å²) in [6, 6.07) is 25.0. The van der Waals surface area contributed by atoms with E-state index in [-0.39, 0.29) is 33.0 Å². The van der Waals surface area contributed by atoms with E-state index >= 15 is 8.78 Å². The van der Waals surface area contributed by atoms with Crippen molar-refractivity contribution in [2.45, 2.75) is 82.5 Å². The molecule has 3 N–H and O–H groups in total. The lowest BCUT2D eigenvalue weighted by Crippen LogP contribution is -2.69. The molecule has 46 heavy (non-hydrogen) atoms. The summed E-state index contributed by atoms with van der Waals surface area (Å²) in [6.45, 7) is 3.02. The van der Waals surface area contributed by atoms with Gasteiger partial charge in [0.25, 0.3) is 5.92 Å². The summed E-state index contributed by atoms with van der Waals surface area (Å²) in [7, 11) is 0. The molecule has 248 valence electrons. The Bertz CT molecular complexity index is 1350. The number of alkyl halides is 2. The summed E-state index contributed by atoms with van der Waals surface area (Å²) >= 11 is 0. The first-order valence-corrected chi connectivity index (χ1v) is 15.3. The first kappa shape index (κ1) is 35.1. The minimum atomic E-state index is -3.70. The van der Waals surface area contributed by atoms with Gasteiger partial charge in [0.1, 0.15) is 30.5 Å². The van der Waals surface area contributed by atoms with Gasteiger partial charge in [0.2, 0.25) is 5.91 Å². The quantitative estimate of drug-likeness (QED) is 0.219. The molecule has 1 amide bonds. The molecule has 0 aliphatic carbocycles. The van der Waals surface area contributed by atoms with Crippen molar-refractivity contribution in [2.75, 3.05) is 13.2 Å². The molecule has 0 spiro atoms. The Morgan fingerprint density at radius 3 is 1.85 bits per heavy atom. The van der Waals surface area contributed by atoms with Gasteiger partial charge in [0, 0.05) is 13.3 Å². The number of hydrogen-bond acceptors (Lipinski definition) is 8. The van der Waals surface area contributed by atoms with Crippen molar-refractivity contribution in [3.63, 3.8) is 0 Å². The molecule has 0 bridgehead atoms. The minimum Gasteiger partial charge on any atom is -0.465 e. The molecule has 4 rings (SSSR count). The minimum absolute atomic E-state index is 0.0107. The predicted octanol–water partition coefficient (Wildman–Crippen LogP) is 4.56. The molecule has 1 heterocycles. The zero-order valence-corrected chi connectivity index (χ0v) is 26.1. The molecule has 1 aliphatic heterocycles. The van der Waals surface area contributed by atoms with Crippen LogP contribution in [0.4, 0.5) is 8.78 Å². The molecule has 3 aromatic rings. The Balaban J connectivity index is 1.69. The summed E-state index contributed by atoms with van der Waals surface area (Å²) < 4.78 is 62.2. The molecule has 6 atom stereocenters. The molecule has 1 saturated heterocycles. The Labute approximate surface area is 268 Å². The SMILES string of the molecule is CCOC(=O)C(N)CC(F)(F)[C@H]1O[C@H](COCc2ccccc2)[C@H](OCc2ccccc2)[C@H](OCc2ccccc2)[C@H]1NC(C)=O. The van der Waals surface area contributed by atoms with Gasteiger partial charge in [0.15, 0.2) is 0 Å². The second-order valence-electron chi connectivity index (χ2n) is 11.2. The lowest BCUT2D eigenvalue weighted by atomic mass is 9.87. The van der Waals surface area contributed by atoms with Gasteiger partial charge in [-0.1, -0.05) is 91.0 Å². The number of benzene rings is 3. The number of ether oxygens (including phenoxy) is 5. The molecule has 1 aliphatic rings.